The number of hydrogen-bond acceptors (Lipinski definition) is 6. The smallest absolute Gasteiger partial charge is 0.191 e. The van der Waals surface area contributed by atoms with Crippen LogP contribution in [0.1, 0.15) is 35.2 Å². The fourth-order valence-corrected chi connectivity index (χ4v) is 6.74. The van der Waals surface area contributed by atoms with E-state index in [0.717, 1.165) is 0 Å². The first kappa shape index (κ1) is 17.6. The molecule has 1 saturated carbocycles. The van der Waals surface area contributed by atoms with Crippen LogP contribution in [-0.2, 0) is 25.8 Å². The average Bonchev–Trinajstić information content (AvgIpc) is 2.79. The maximum Gasteiger partial charge on any atom is 0.191 e. The van der Waals surface area contributed by atoms with Crippen molar-refractivity contribution in [2.75, 3.05) is 6.26 Å². The molecular weight excluding hydrogens is 372 g/mol. The second-order valence-corrected chi connectivity index (χ2v) is 9.72. The number of fused-ring (bicyclic) bond motifs is 1. The van der Waals surface area contributed by atoms with Gasteiger partial charge in [0, 0.05) is 24.8 Å². The minimum absolute atomic E-state index is 0.0452. The number of Topliss-reactive ketones (excluding diaryl/α,β-unsaturated/α-hetero) is 3. The molecule has 1 fully saturated rings. The predicted octanol–water partition coefficient (Wildman–Crippen LogP) is 2.48. The standard InChI is InChI=1S/C16H15ClO5S2/c1-23-13-7-9-12(24(13,21)22)6-5-8(15(9)17)16(20)14-10(18)3-2-4-11(14)19/h5-6,13-14H,2-4,7H2,1H3. The van der Waals surface area contributed by atoms with Crippen molar-refractivity contribution >= 4 is 50.5 Å². The van der Waals surface area contributed by atoms with Crippen LogP contribution in [0.25, 0.3) is 0 Å². The lowest BCUT2D eigenvalue weighted by Crippen LogP contribution is -2.35. The van der Waals surface area contributed by atoms with Crippen LogP contribution in [0.3, 0.4) is 0 Å². The number of carbonyl (C=O) groups excluding carboxylic acids is 3. The molecule has 0 spiro atoms. The zero-order chi connectivity index (χ0) is 17.6. The summed E-state index contributed by atoms with van der Waals surface area (Å²) in [5.41, 5.74) is 0.457. The maximum atomic E-state index is 12.7. The van der Waals surface area contributed by atoms with E-state index in [4.69, 9.17) is 11.6 Å². The van der Waals surface area contributed by atoms with Crippen LogP contribution in [0.4, 0.5) is 0 Å². The molecule has 5 nitrogen and oxygen atoms in total. The molecule has 1 aromatic carbocycles. The fourth-order valence-electron chi connectivity index (χ4n) is 3.23. The third-order valence-electron chi connectivity index (χ3n) is 4.50. The van der Waals surface area contributed by atoms with Gasteiger partial charge in [-0.2, -0.15) is 0 Å². The van der Waals surface area contributed by atoms with Crippen LogP contribution in [0.15, 0.2) is 17.0 Å². The lowest BCUT2D eigenvalue weighted by atomic mass is 9.81. The van der Waals surface area contributed by atoms with Gasteiger partial charge in [0.1, 0.15) is 10.5 Å². The Kier molecular flexibility index (Phi) is 4.61. The Labute approximate surface area is 149 Å². The number of ketones is 3. The fraction of sp³-hybridized carbons (Fsp3) is 0.438. The van der Waals surface area contributed by atoms with Crippen molar-refractivity contribution in [3.05, 3.63) is 28.3 Å². The molecule has 1 aromatic rings. The van der Waals surface area contributed by atoms with Gasteiger partial charge in [0.2, 0.25) is 0 Å². The van der Waals surface area contributed by atoms with Gasteiger partial charge in [-0.1, -0.05) is 11.6 Å². The third-order valence-corrected chi connectivity index (χ3v) is 8.82. The monoisotopic (exact) mass is 386 g/mol. The molecule has 128 valence electrons. The second-order valence-electron chi connectivity index (χ2n) is 5.90. The van der Waals surface area contributed by atoms with E-state index >= 15 is 0 Å². The Morgan fingerprint density at radius 2 is 1.83 bits per heavy atom. The van der Waals surface area contributed by atoms with Crippen molar-refractivity contribution in [3.8, 4) is 0 Å². The minimum atomic E-state index is -3.47. The van der Waals surface area contributed by atoms with Crippen LogP contribution in [0.5, 0.6) is 0 Å². The molecular formula is C16H15ClO5S2. The highest BCUT2D eigenvalue weighted by Gasteiger charge is 2.41. The van der Waals surface area contributed by atoms with Gasteiger partial charge in [-0.25, -0.2) is 8.42 Å². The molecule has 1 aliphatic heterocycles. The quantitative estimate of drug-likeness (QED) is 0.586. The minimum Gasteiger partial charge on any atom is -0.298 e. The summed E-state index contributed by atoms with van der Waals surface area (Å²) in [5.74, 6) is -2.70. The van der Waals surface area contributed by atoms with Crippen molar-refractivity contribution in [1.29, 1.82) is 0 Å². The lowest BCUT2D eigenvalue weighted by molar-refractivity contribution is -0.133. The average molecular weight is 387 g/mol. The van der Waals surface area contributed by atoms with E-state index < -0.39 is 26.1 Å². The van der Waals surface area contributed by atoms with E-state index in [1.54, 1.807) is 6.26 Å². The van der Waals surface area contributed by atoms with E-state index in [1.165, 1.54) is 23.9 Å². The Hall–Kier alpha value is -1.18. The lowest BCUT2D eigenvalue weighted by Gasteiger charge is -2.19. The number of thioether (sulfide) groups is 1. The Morgan fingerprint density at radius 3 is 2.42 bits per heavy atom. The topological polar surface area (TPSA) is 85.3 Å². The number of halogens is 1. The summed E-state index contributed by atoms with van der Waals surface area (Å²) in [7, 11) is -3.47. The van der Waals surface area contributed by atoms with Crippen molar-refractivity contribution in [3.63, 3.8) is 0 Å². The molecule has 0 saturated heterocycles. The van der Waals surface area contributed by atoms with E-state index in [9.17, 15) is 22.8 Å². The van der Waals surface area contributed by atoms with Gasteiger partial charge in [0.05, 0.1) is 9.92 Å². The van der Waals surface area contributed by atoms with Crippen LogP contribution in [-0.4, -0.2) is 36.6 Å². The third kappa shape index (κ3) is 2.62. The molecule has 8 heteroatoms. The van der Waals surface area contributed by atoms with E-state index in [-0.39, 0.29) is 46.3 Å². The van der Waals surface area contributed by atoms with Gasteiger partial charge >= 0.3 is 0 Å². The van der Waals surface area contributed by atoms with Gasteiger partial charge in [0.15, 0.2) is 27.2 Å². The molecule has 24 heavy (non-hydrogen) atoms. The van der Waals surface area contributed by atoms with Gasteiger partial charge in [-0.05, 0) is 30.4 Å². The number of hydrogen-bond donors (Lipinski definition) is 0. The summed E-state index contributed by atoms with van der Waals surface area (Å²) in [5, 5.41) is 0.0452. The molecule has 0 amide bonds. The number of rotatable bonds is 3. The summed E-state index contributed by atoms with van der Waals surface area (Å²) < 4.78 is 24.1. The zero-order valence-corrected chi connectivity index (χ0v) is 15.3. The number of sulfone groups is 1. The summed E-state index contributed by atoms with van der Waals surface area (Å²) in [6.45, 7) is 0. The highest BCUT2D eigenvalue weighted by atomic mass is 35.5. The molecule has 0 radical (unpaired) electrons. The number of carbonyl (C=O) groups is 3. The molecule has 1 unspecified atom stereocenters. The van der Waals surface area contributed by atoms with Gasteiger partial charge in [0.25, 0.3) is 0 Å². The molecule has 1 atom stereocenters. The zero-order valence-electron chi connectivity index (χ0n) is 12.9. The second kappa shape index (κ2) is 6.28. The molecule has 0 N–H and O–H groups in total. The summed E-state index contributed by atoms with van der Waals surface area (Å²) in [4.78, 5) is 36.8. The largest absolute Gasteiger partial charge is 0.298 e. The van der Waals surface area contributed by atoms with Gasteiger partial charge in [-0.3, -0.25) is 14.4 Å². The maximum absolute atomic E-state index is 12.7. The SMILES string of the molecule is CSC1Cc2c(ccc(C(=O)C3C(=O)CCCC3=O)c2Cl)S1(=O)=O. The van der Waals surface area contributed by atoms with Crippen LogP contribution in [0.2, 0.25) is 5.02 Å². The molecule has 0 aromatic heterocycles. The van der Waals surface area contributed by atoms with Crippen LogP contribution < -0.4 is 0 Å². The van der Waals surface area contributed by atoms with Crippen molar-refractivity contribution in [1.82, 2.24) is 0 Å². The highest BCUT2D eigenvalue weighted by molar-refractivity contribution is 8.13. The Morgan fingerprint density at radius 1 is 1.21 bits per heavy atom. The van der Waals surface area contributed by atoms with E-state index in [1.807, 2.05) is 0 Å². The van der Waals surface area contributed by atoms with Crippen LogP contribution in [0, 0.1) is 5.92 Å². The van der Waals surface area contributed by atoms with E-state index in [2.05, 4.69) is 0 Å². The van der Waals surface area contributed by atoms with Crippen molar-refractivity contribution in [2.24, 2.45) is 5.92 Å². The first-order chi connectivity index (χ1) is 11.3. The van der Waals surface area contributed by atoms with Crippen molar-refractivity contribution < 1.29 is 22.8 Å². The molecule has 1 heterocycles. The molecule has 2 aliphatic rings. The predicted molar refractivity (Wildman–Crippen MR) is 91.3 cm³/mol. The first-order valence-electron chi connectivity index (χ1n) is 7.46. The summed E-state index contributed by atoms with van der Waals surface area (Å²) in [6.07, 6.45) is 2.78. The van der Waals surface area contributed by atoms with Gasteiger partial charge < -0.3 is 0 Å². The van der Waals surface area contributed by atoms with Gasteiger partial charge in [-0.15, -0.1) is 11.8 Å². The molecule has 1 aliphatic carbocycles. The highest BCUT2D eigenvalue weighted by Crippen LogP contribution is 2.41. The summed E-state index contributed by atoms with van der Waals surface area (Å²) >= 11 is 7.50. The van der Waals surface area contributed by atoms with E-state index in [0.29, 0.717) is 12.0 Å². The first-order valence-corrected chi connectivity index (χ1v) is 10.7. The Balaban J connectivity index is 2.05. The number of benzene rings is 1. The molecule has 0 bridgehead atoms. The Bertz CT molecular complexity index is 843. The van der Waals surface area contributed by atoms with Crippen molar-refractivity contribution in [2.45, 2.75) is 35.2 Å². The summed E-state index contributed by atoms with van der Waals surface area (Å²) in [6, 6.07) is 2.68. The normalized spacial score (nSPS) is 23.3. The molecule has 3 rings (SSSR count). The van der Waals surface area contributed by atoms with Crippen LogP contribution >= 0.6 is 23.4 Å².